The van der Waals surface area contributed by atoms with E-state index in [-0.39, 0.29) is 0 Å². The molecule has 16 aromatic rings. The van der Waals surface area contributed by atoms with Crippen LogP contribution in [0.3, 0.4) is 0 Å². The van der Waals surface area contributed by atoms with E-state index in [1.165, 1.54) is 38.1 Å². The average molecular weight is 907 g/mol. The lowest BCUT2D eigenvalue weighted by Gasteiger charge is -2.11. The van der Waals surface area contributed by atoms with Crippen molar-refractivity contribution in [3.8, 4) is 39.3 Å². The maximum atomic E-state index is 6.49. The van der Waals surface area contributed by atoms with Gasteiger partial charge < -0.3 is 22.5 Å². The maximum absolute atomic E-state index is 6.49. The second-order valence-corrected chi connectivity index (χ2v) is 18.7. The van der Waals surface area contributed by atoms with E-state index >= 15 is 0 Å². The molecule has 0 fully saturated rings. The SMILES string of the molecule is c1ccc(-n2c3ccccc3c3cc(-c4ccc5oc6ccc(-c7ccc8c(c7)c7ccccc7n8-c7ccc8c(c7)c7ncccc7n8-c7ccc8oc9ccccc9c8c7)cc6c5c4)ccc32)cc1. The molecule has 6 nitrogen and oxygen atoms in total. The van der Waals surface area contributed by atoms with E-state index in [1.807, 2.05) is 24.4 Å². The number of furan rings is 2. The van der Waals surface area contributed by atoms with Crippen molar-refractivity contribution in [3.63, 3.8) is 0 Å². The molecule has 0 bridgehead atoms. The quantitative estimate of drug-likeness (QED) is 0.173. The Labute approximate surface area is 405 Å². The predicted molar refractivity (Wildman–Crippen MR) is 293 cm³/mol. The highest BCUT2D eigenvalue weighted by atomic mass is 16.3. The van der Waals surface area contributed by atoms with Crippen LogP contribution >= 0.6 is 0 Å². The molecular weight excluding hydrogens is 869 g/mol. The monoisotopic (exact) mass is 906 g/mol. The standard InChI is InChI=1S/C65H38N4O2/c1-2-11-43(12-3-1)67-55-16-7-4-13-46(55)49-33-39(20-26-57(49)67)41-22-29-62-51(35-41)52-36-42(23-30-63(52)71-62)40-21-27-58-50(34-40)47-14-5-8-17-56(47)68(58)44-24-28-59-54(38-44)65-60(18-10-32-66-65)69(59)45-25-31-64-53(37-45)48-15-6-9-19-61(48)70-64/h1-38H. The molecule has 6 heteroatoms. The van der Waals surface area contributed by atoms with Crippen LogP contribution in [0.4, 0.5) is 0 Å². The zero-order valence-corrected chi connectivity index (χ0v) is 38.0. The third kappa shape index (κ3) is 5.55. The zero-order chi connectivity index (χ0) is 46.3. The molecular formula is C65H38N4O2. The fourth-order valence-electron chi connectivity index (χ4n) is 11.7. The summed E-state index contributed by atoms with van der Waals surface area (Å²) in [4.78, 5) is 4.98. The summed E-state index contributed by atoms with van der Waals surface area (Å²) in [7, 11) is 0. The number of hydrogen-bond donors (Lipinski definition) is 0. The van der Waals surface area contributed by atoms with Crippen LogP contribution < -0.4 is 0 Å². The number of aromatic nitrogens is 4. The van der Waals surface area contributed by atoms with Gasteiger partial charge in [0.05, 0.1) is 38.6 Å². The van der Waals surface area contributed by atoms with Crippen LogP contribution in [0.25, 0.3) is 149 Å². The Morgan fingerprint density at radius 2 is 0.662 bits per heavy atom. The Bertz CT molecular complexity index is 4890. The van der Waals surface area contributed by atoms with E-state index in [4.69, 9.17) is 13.8 Å². The number of para-hydroxylation sites is 4. The molecule has 0 aliphatic heterocycles. The van der Waals surface area contributed by atoms with Gasteiger partial charge in [-0.3, -0.25) is 4.98 Å². The Balaban J connectivity index is 0.803. The second-order valence-electron chi connectivity index (χ2n) is 18.7. The summed E-state index contributed by atoms with van der Waals surface area (Å²) >= 11 is 0. The van der Waals surface area contributed by atoms with Crippen molar-refractivity contribution in [2.45, 2.75) is 0 Å². The van der Waals surface area contributed by atoms with Gasteiger partial charge in [-0.05, 0) is 150 Å². The molecule has 0 radical (unpaired) electrons. The number of nitrogens with zero attached hydrogens (tertiary/aromatic N) is 4. The van der Waals surface area contributed by atoms with Gasteiger partial charge in [-0.2, -0.15) is 0 Å². The van der Waals surface area contributed by atoms with Crippen LogP contribution in [0, 0.1) is 0 Å². The summed E-state index contributed by atoms with van der Waals surface area (Å²) in [6.45, 7) is 0. The lowest BCUT2D eigenvalue weighted by Crippen LogP contribution is -1.95. The summed E-state index contributed by atoms with van der Waals surface area (Å²) in [5, 5.41) is 10.4. The van der Waals surface area contributed by atoms with Gasteiger partial charge >= 0.3 is 0 Å². The van der Waals surface area contributed by atoms with Gasteiger partial charge in [0.15, 0.2) is 0 Å². The molecule has 0 N–H and O–H groups in total. The van der Waals surface area contributed by atoms with Crippen LogP contribution in [-0.2, 0) is 0 Å². The van der Waals surface area contributed by atoms with Crippen LogP contribution in [0.5, 0.6) is 0 Å². The summed E-state index contributed by atoms with van der Waals surface area (Å²) < 4.78 is 19.8. The summed E-state index contributed by atoms with van der Waals surface area (Å²) in [6.07, 6.45) is 1.89. The second kappa shape index (κ2) is 14.4. The van der Waals surface area contributed by atoms with E-state index in [0.29, 0.717) is 0 Å². The molecule has 330 valence electrons. The van der Waals surface area contributed by atoms with Crippen LogP contribution in [0.15, 0.2) is 239 Å². The maximum Gasteiger partial charge on any atom is 0.135 e. The van der Waals surface area contributed by atoms with Crippen LogP contribution in [0.1, 0.15) is 0 Å². The van der Waals surface area contributed by atoms with E-state index in [1.54, 1.807) is 0 Å². The molecule has 0 saturated carbocycles. The zero-order valence-electron chi connectivity index (χ0n) is 38.0. The first-order valence-corrected chi connectivity index (χ1v) is 24.1. The summed E-state index contributed by atoms with van der Waals surface area (Å²) in [5.74, 6) is 0. The Hall–Kier alpha value is -9.65. The first kappa shape index (κ1) is 38.3. The van der Waals surface area contributed by atoms with E-state index in [0.717, 1.165) is 111 Å². The summed E-state index contributed by atoms with van der Waals surface area (Å²) in [6, 6.07) is 80.7. The molecule has 0 atom stereocenters. The van der Waals surface area contributed by atoms with Gasteiger partial charge in [-0.1, -0.05) is 97.1 Å². The van der Waals surface area contributed by atoms with Gasteiger partial charge in [0.1, 0.15) is 22.3 Å². The molecule has 6 aromatic heterocycles. The smallest absolute Gasteiger partial charge is 0.135 e. The Kier molecular flexibility index (Phi) is 7.79. The van der Waals surface area contributed by atoms with Crippen molar-refractivity contribution in [1.82, 2.24) is 18.7 Å². The highest BCUT2D eigenvalue weighted by molar-refractivity contribution is 6.15. The highest BCUT2D eigenvalue weighted by Crippen LogP contribution is 2.42. The van der Waals surface area contributed by atoms with Gasteiger partial charge in [0.2, 0.25) is 0 Å². The van der Waals surface area contributed by atoms with Crippen molar-refractivity contribution in [2.24, 2.45) is 0 Å². The van der Waals surface area contributed by atoms with Crippen molar-refractivity contribution in [1.29, 1.82) is 0 Å². The van der Waals surface area contributed by atoms with E-state index in [2.05, 4.69) is 220 Å². The highest BCUT2D eigenvalue weighted by Gasteiger charge is 2.20. The number of benzene rings is 10. The third-order valence-electron chi connectivity index (χ3n) is 14.9. The van der Waals surface area contributed by atoms with Crippen molar-refractivity contribution in [3.05, 3.63) is 231 Å². The molecule has 6 heterocycles. The van der Waals surface area contributed by atoms with Gasteiger partial charge in [0.25, 0.3) is 0 Å². The minimum atomic E-state index is 0.877. The van der Waals surface area contributed by atoms with Crippen LogP contribution in [0.2, 0.25) is 0 Å². The molecule has 71 heavy (non-hydrogen) atoms. The number of pyridine rings is 1. The van der Waals surface area contributed by atoms with Crippen molar-refractivity contribution >= 4 is 109 Å². The first-order valence-electron chi connectivity index (χ1n) is 24.1. The fraction of sp³-hybridized carbons (Fsp3) is 0. The number of hydrogen-bond acceptors (Lipinski definition) is 3. The Morgan fingerprint density at radius 3 is 1.31 bits per heavy atom. The van der Waals surface area contributed by atoms with Crippen LogP contribution in [-0.4, -0.2) is 18.7 Å². The van der Waals surface area contributed by atoms with Crippen molar-refractivity contribution in [2.75, 3.05) is 0 Å². The molecule has 0 spiro atoms. The minimum Gasteiger partial charge on any atom is -0.456 e. The predicted octanol–water partition coefficient (Wildman–Crippen LogP) is 17.5. The molecule has 16 rings (SSSR count). The normalized spacial score (nSPS) is 12.2. The fourth-order valence-corrected chi connectivity index (χ4v) is 11.7. The molecule has 0 amide bonds. The minimum absolute atomic E-state index is 0.877. The van der Waals surface area contributed by atoms with E-state index in [9.17, 15) is 0 Å². The number of rotatable bonds is 5. The lowest BCUT2D eigenvalue weighted by molar-refractivity contribution is 0.668. The molecule has 0 aliphatic rings. The lowest BCUT2D eigenvalue weighted by atomic mass is 9.98. The van der Waals surface area contributed by atoms with Gasteiger partial charge in [-0.15, -0.1) is 0 Å². The Morgan fingerprint density at radius 1 is 0.254 bits per heavy atom. The van der Waals surface area contributed by atoms with Gasteiger partial charge in [-0.25, -0.2) is 0 Å². The molecule has 0 unspecified atom stereocenters. The largest absolute Gasteiger partial charge is 0.456 e. The molecule has 0 saturated heterocycles. The van der Waals surface area contributed by atoms with Gasteiger partial charge in [0, 0.05) is 71.7 Å². The van der Waals surface area contributed by atoms with Crippen molar-refractivity contribution < 1.29 is 8.83 Å². The topological polar surface area (TPSA) is 54.0 Å². The molecule has 10 aromatic carbocycles. The summed E-state index contributed by atoms with van der Waals surface area (Å²) in [5.41, 5.74) is 19.3. The van der Waals surface area contributed by atoms with E-state index < -0.39 is 0 Å². The first-order chi connectivity index (χ1) is 35.2. The number of fused-ring (bicyclic) bond motifs is 15. The third-order valence-corrected chi connectivity index (χ3v) is 14.9. The molecule has 0 aliphatic carbocycles. The average Bonchev–Trinajstić information content (AvgIpc) is 4.24.